The molecule has 0 radical (unpaired) electrons. The summed E-state index contributed by atoms with van der Waals surface area (Å²) in [6, 6.07) is 7.95. The van der Waals surface area contributed by atoms with Crippen LogP contribution in [0.1, 0.15) is 12.8 Å². The van der Waals surface area contributed by atoms with Crippen LogP contribution in [0.2, 0.25) is 0 Å². The van der Waals surface area contributed by atoms with Crippen molar-refractivity contribution < 1.29 is 24.2 Å². The molecule has 124 valence electrons. The van der Waals surface area contributed by atoms with Crippen molar-refractivity contribution in [2.75, 3.05) is 19.6 Å². The van der Waals surface area contributed by atoms with Gasteiger partial charge in [0, 0.05) is 25.9 Å². The Morgan fingerprint density at radius 1 is 1.22 bits per heavy atom. The van der Waals surface area contributed by atoms with E-state index in [1.54, 1.807) is 24.3 Å². The van der Waals surface area contributed by atoms with E-state index in [1.165, 1.54) is 4.90 Å². The number of nitrogens with one attached hydrogen (secondary N) is 1. The highest BCUT2D eigenvalue weighted by Gasteiger charge is 2.44. The minimum absolute atomic E-state index is 0.166. The van der Waals surface area contributed by atoms with Gasteiger partial charge in [-0.3, -0.25) is 4.79 Å². The van der Waals surface area contributed by atoms with Gasteiger partial charge in [-0.2, -0.15) is 0 Å². The molecule has 0 bridgehead atoms. The summed E-state index contributed by atoms with van der Waals surface area (Å²) in [6.07, 6.45) is 0.332. The summed E-state index contributed by atoms with van der Waals surface area (Å²) in [6.45, 7) is 0.270. The molecule has 1 saturated heterocycles. The van der Waals surface area contributed by atoms with Crippen LogP contribution in [0.4, 0.5) is 4.79 Å². The molecule has 4 N–H and O–H groups in total. The Balaban J connectivity index is 1.99. The Morgan fingerprint density at radius 3 is 2.35 bits per heavy atom. The molecule has 0 atom stereocenters. The van der Waals surface area contributed by atoms with E-state index >= 15 is 0 Å². The standard InChI is InChI=1S/C15H19N3O5/c16-14(22)17-10-12(19)18-8-6-15(7-9-18,13(20)21)23-11-4-2-1-3-5-11/h1-5H,6-10H2,(H,20,21)(H3,16,17,22). The summed E-state index contributed by atoms with van der Waals surface area (Å²) in [5.41, 5.74) is 3.57. The molecule has 1 aliphatic rings. The molecule has 0 spiro atoms. The van der Waals surface area contributed by atoms with E-state index in [0.29, 0.717) is 5.75 Å². The minimum atomic E-state index is -1.35. The number of hydrogen-bond donors (Lipinski definition) is 3. The molecular weight excluding hydrogens is 302 g/mol. The van der Waals surface area contributed by atoms with Crippen LogP contribution in [-0.4, -0.2) is 53.1 Å². The lowest BCUT2D eigenvalue weighted by Crippen LogP contribution is -2.55. The van der Waals surface area contributed by atoms with Gasteiger partial charge in [-0.25, -0.2) is 9.59 Å². The first kappa shape index (κ1) is 16.6. The van der Waals surface area contributed by atoms with Gasteiger partial charge in [0.15, 0.2) is 0 Å². The topological polar surface area (TPSA) is 122 Å². The zero-order chi connectivity index (χ0) is 16.9. The van der Waals surface area contributed by atoms with Crippen molar-refractivity contribution in [3.63, 3.8) is 0 Å². The Hall–Kier alpha value is -2.77. The number of carboxylic acid groups (broad SMARTS) is 1. The van der Waals surface area contributed by atoms with Crippen LogP contribution in [0.25, 0.3) is 0 Å². The van der Waals surface area contributed by atoms with Crippen LogP contribution in [0.3, 0.4) is 0 Å². The molecule has 0 unspecified atom stereocenters. The van der Waals surface area contributed by atoms with Crippen LogP contribution >= 0.6 is 0 Å². The Bertz CT molecular complexity index is 582. The lowest BCUT2D eigenvalue weighted by atomic mass is 9.91. The summed E-state index contributed by atoms with van der Waals surface area (Å²) in [4.78, 5) is 35.7. The fourth-order valence-corrected chi connectivity index (χ4v) is 2.47. The number of nitrogens with two attached hydrogens (primary N) is 1. The molecule has 0 aromatic heterocycles. The second-order valence-corrected chi connectivity index (χ2v) is 5.31. The summed E-state index contributed by atoms with van der Waals surface area (Å²) in [5, 5.41) is 11.8. The summed E-state index contributed by atoms with van der Waals surface area (Å²) in [7, 11) is 0. The molecule has 1 aromatic rings. The van der Waals surface area contributed by atoms with Gasteiger partial charge in [0.2, 0.25) is 11.5 Å². The number of likely N-dealkylation sites (tertiary alicyclic amines) is 1. The minimum Gasteiger partial charge on any atom is -0.478 e. The number of rotatable bonds is 5. The zero-order valence-electron chi connectivity index (χ0n) is 12.5. The number of primary amides is 1. The molecule has 2 rings (SSSR count). The fraction of sp³-hybridized carbons (Fsp3) is 0.400. The van der Waals surface area contributed by atoms with Gasteiger partial charge in [-0.1, -0.05) is 18.2 Å². The number of aliphatic carboxylic acids is 1. The van der Waals surface area contributed by atoms with E-state index in [2.05, 4.69) is 5.32 Å². The van der Waals surface area contributed by atoms with Crippen molar-refractivity contribution in [2.45, 2.75) is 18.4 Å². The molecule has 1 fully saturated rings. The van der Waals surface area contributed by atoms with E-state index in [-0.39, 0.29) is 38.4 Å². The van der Waals surface area contributed by atoms with Gasteiger partial charge >= 0.3 is 12.0 Å². The average molecular weight is 321 g/mol. The van der Waals surface area contributed by atoms with Crippen molar-refractivity contribution in [1.29, 1.82) is 0 Å². The van der Waals surface area contributed by atoms with Crippen LogP contribution in [-0.2, 0) is 9.59 Å². The van der Waals surface area contributed by atoms with Crippen LogP contribution in [0.5, 0.6) is 5.75 Å². The van der Waals surface area contributed by atoms with Crippen molar-refractivity contribution in [1.82, 2.24) is 10.2 Å². The van der Waals surface area contributed by atoms with E-state index < -0.39 is 17.6 Å². The fourth-order valence-electron chi connectivity index (χ4n) is 2.47. The molecule has 8 heteroatoms. The number of para-hydroxylation sites is 1. The molecule has 1 aliphatic heterocycles. The van der Waals surface area contributed by atoms with E-state index in [0.717, 1.165) is 0 Å². The Morgan fingerprint density at radius 2 is 1.83 bits per heavy atom. The molecule has 1 heterocycles. The molecule has 0 saturated carbocycles. The maximum atomic E-state index is 11.9. The number of amides is 3. The average Bonchev–Trinajstić information content (AvgIpc) is 2.54. The second-order valence-electron chi connectivity index (χ2n) is 5.31. The van der Waals surface area contributed by atoms with E-state index in [9.17, 15) is 19.5 Å². The SMILES string of the molecule is NC(=O)NCC(=O)N1CCC(Oc2ccccc2)(C(=O)O)CC1. The Labute approximate surface area is 133 Å². The van der Waals surface area contributed by atoms with Crippen molar-refractivity contribution in [2.24, 2.45) is 5.73 Å². The number of nitrogens with zero attached hydrogens (tertiary/aromatic N) is 1. The lowest BCUT2D eigenvalue weighted by molar-refractivity contribution is -0.161. The third-order valence-electron chi connectivity index (χ3n) is 3.78. The number of carbonyl (C=O) groups excluding carboxylic acids is 2. The number of carbonyl (C=O) groups is 3. The Kier molecular flexibility index (Phi) is 5.05. The highest BCUT2D eigenvalue weighted by molar-refractivity contribution is 5.84. The number of urea groups is 1. The van der Waals surface area contributed by atoms with Gasteiger partial charge in [0.25, 0.3) is 0 Å². The first-order valence-electron chi connectivity index (χ1n) is 7.21. The molecule has 8 nitrogen and oxygen atoms in total. The van der Waals surface area contributed by atoms with Gasteiger partial charge in [0.05, 0.1) is 6.54 Å². The van der Waals surface area contributed by atoms with Crippen LogP contribution < -0.4 is 15.8 Å². The third-order valence-corrected chi connectivity index (χ3v) is 3.78. The maximum absolute atomic E-state index is 11.9. The normalized spacial score (nSPS) is 16.4. The van der Waals surface area contributed by atoms with E-state index in [1.807, 2.05) is 6.07 Å². The molecular formula is C15H19N3O5. The van der Waals surface area contributed by atoms with Gasteiger partial charge in [-0.15, -0.1) is 0 Å². The third kappa shape index (κ3) is 4.12. The number of benzene rings is 1. The highest BCUT2D eigenvalue weighted by atomic mass is 16.5. The monoisotopic (exact) mass is 321 g/mol. The summed E-state index contributed by atoms with van der Waals surface area (Å²) < 4.78 is 5.70. The van der Waals surface area contributed by atoms with E-state index in [4.69, 9.17) is 10.5 Å². The van der Waals surface area contributed by atoms with Crippen LogP contribution in [0, 0.1) is 0 Å². The maximum Gasteiger partial charge on any atom is 0.348 e. The smallest absolute Gasteiger partial charge is 0.348 e. The number of carboxylic acids is 1. The zero-order valence-corrected chi connectivity index (χ0v) is 12.5. The summed E-state index contributed by atoms with van der Waals surface area (Å²) in [5.74, 6) is -0.878. The van der Waals surface area contributed by atoms with Crippen molar-refractivity contribution in [3.05, 3.63) is 30.3 Å². The highest BCUT2D eigenvalue weighted by Crippen LogP contribution is 2.29. The van der Waals surface area contributed by atoms with Crippen molar-refractivity contribution in [3.8, 4) is 5.75 Å². The number of piperidine rings is 1. The quantitative estimate of drug-likeness (QED) is 0.714. The number of ether oxygens (including phenoxy) is 1. The largest absolute Gasteiger partial charge is 0.478 e. The second kappa shape index (κ2) is 6.99. The van der Waals surface area contributed by atoms with Gasteiger partial charge in [-0.05, 0) is 12.1 Å². The van der Waals surface area contributed by atoms with Gasteiger partial charge in [0.1, 0.15) is 5.75 Å². The number of hydrogen-bond acceptors (Lipinski definition) is 4. The van der Waals surface area contributed by atoms with Crippen molar-refractivity contribution >= 4 is 17.9 Å². The first-order valence-corrected chi connectivity index (χ1v) is 7.21. The molecule has 0 aliphatic carbocycles. The molecule has 1 aromatic carbocycles. The first-order chi connectivity index (χ1) is 10.9. The summed E-state index contributed by atoms with van der Waals surface area (Å²) >= 11 is 0. The predicted molar refractivity (Wildman–Crippen MR) is 80.8 cm³/mol. The lowest BCUT2D eigenvalue weighted by Gasteiger charge is -2.38. The molecule has 23 heavy (non-hydrogen) atoms. The predicted octanol–water partition coefficient (Wildman–Crippen LogP) is 0.179. The van der Waals surface area contributed by atoms with Gasteiger partial charge < -0.3 is 25.8 Å². The molecule has 3 amide bonds. The van der Waals surface area contributed by atoms with Crippen LogP contribution in [0.15, 0.2) is 30.3 Å².